The van der Waals surface area contributed by atoms with Crippen LogP contribution in [-0.4, -0.2) is 59.3 Å². The number of hydrogen-bond acceptors (Lipinski definition) is 6. The molecule has 8 nitrogen and oxygen atoms in total. The summed E-state index contributed by atoms with van der Waals surface area (Å²) in [6.07, 6.45) is -1.16. The van der Waals surface area contributed by atoms with Gasteiger partial charge in [-0.1, -0.05) is 24.3 Å². The number of benzene rings is 1. The van der Waals surface area contributed by atoms with E-state index in [0.717, 1.165) is 17.4 Å². The van der Waals surface area contributed by atoms with E-state index in [1.807, 2.05) is 29.2 Å². The Balaban J connectivity index is 1.50. The van der Waals surface area contributed by atoms with Crippen molar-refractivity contribution < 1.29 is 26.3 Å². The molecule has 1 fully saturated rings. The van der Waals surface area contributed by atoms with Crippen LogP contribution >= 0.6 is 0 Å². The summed E-state index contributed by atoms with van der Waals surface area (Å²) in [5.41, 5.74) is 1.33. The van der Waals surface area contributed by atoms with Gasteiger partial charge in [0.25, 0.3) is 5.56 Å². The van der Waals surface area contributed by atoms with E-state index in [1.165, 1.54) is 10.5 Å². The van der Waals surface area contributed by atoms with Crippen LogP contribution in [-0.2, 0) is 29.7 Å². The van der Waals surface area contributed by atoms with Gasteiger partial charge in [-0.25, -0.2) is 17.7 Å². The predicted molar refractivity (Wildman–Crippen MR) is 123 cm³/mol. The highest BCUT2D eigenvalue weighted by Gasteiger charge is 2.34. The van der Waals surface area contributed by atoms with E-state index in [9.17, 15) is 26.4 Å². The van der Waals surface area contributed by atoms with E-state index in [0.29, 0.717) is 43.6 Å². The van der Waals surface area contributed by atoms with Gasteiger partial charge in [0.15, 0.2) is 0 Å². The van der Waals surface area contributed by atoms with Crippen LogP contribution < -0.4 is 10.3 Å². The molecule has 0 unspecified atom stereocenters. The fourth-order valence-corrected chi connectivity index (χ4v) is 5.54. The Kier molecular flexibility index (Phi) is 7.26. The summed E-state index contributed by atoms with van der Waals surface area (Å²) in [6.45, 7) is 2.21. The van der Waals surface area contributed by atoms with E-state index >= 15 is 0 Å². The van der Waals surface area contributed by atoms with Crippen LogP contribution in [0.25, 0.3) is 0 Å². The van der Waals surface area contributed by atoms with Crippen molar-refractivity contribution >= 4 is 10.0 Å². The zero-order valence-corrected chi connectivity index (χ0v) is 20.5. The number of hydrogen-bond donors (Lipinski definition) is 0. The lowest BCUT2D eigenvalue weighted by Crippen LogP contribution is -2.39. The molecule has 0 aliphatic carbocycles. The molecule has 0 saturated carbocycles. The maximum Gasteiger partial charge on any atom is 0.406 e. The first-order valence-corrected chi connectivity index (χ1v) is 13.3. The molecule has 3 heterocycles. The Morgan fingerprint density at radius 1 is 1.14 bits per heavy atom. The fourth-order valence-electron chi connectivity index (χ4n) is 4.66. The van der Waals surface area contributed by atoms with Crippen LogP contribution in [0.3, 0.4) is 0 Å². The van der Waals surface area contributed by atoms with Gasteiger partial charge in [0, 0.05) is 26.2 Å². The third-order valence-corrected chi connectivity index (χ3v) is 7.99. The van der Waals surface area contributed by atoms with Gasteiger partial charge >= 0.3 is 6.18 Å². The van der Waals surface area contributed by atoms with E-state index in [4.69, 9.17) is 4.74 Å². The normalized spacial score (nSPS) is 19.0. The lowest BCUT2D eigenvalue weighted by molar-refractivity contribution is -0.142. The number of fused-ring (bicyclic) bond motifs is 1. The van der Waals surface area contributed by atoms with Crippen molar-refractivity contribution in [2.24, 2.45) is 5.92 Å². The highest BCUT2D eigenvalue weighted by atomic mass is 32.2. The molecule has 2 aliphatic heterocycles. The van der Waals surface area contributed by atoms with Crippen molar-refractivity contribution in [1.29, 1.82) is 0 Å². The minimum Gasteiger partial charge on any atom is -0.486 e. The molecule has 0 N–H and O–H groups in total. The lowest BCUT2D eigenvalue weighted by Gasteiger charge is -2.30. The lowest BCUT2D eigenvalue weighted by atomic mass is 9.99. The molecule has 0 bridgehead atoms. The zero-order valence-electron chi connectivity index (χ0n) is 19.7. The van der Waals surface area contributed by atoms with Gasteiger partial charge in [-0.15, -0.1) is 0 Å². The van der Waals surface area contributed by atoms with Crippen LogP contribution in [0.1, 0.15) is 42.8 Å². The van der Waals surface area contributed by atoms with Crippen molar-refractivity contribution in [1.82, 2.24) is 18.8 Å². The third kappa shape index (κ3) is 6.04. The first-order valence-electron chi connectivity index (χ1n) is 11.5. The standard InChI is InChI=1S/C23H29F3N4O4S/c1-16(28-12-18-5-3-4-6-19(18)13-28)21-27-11-20(22(31)30(21)15-23(24,25)26)34-14-17-7-9-29(10-8-17)35(2,32)33/h3-6,11,16-17H,7-10,12-15H2,1-2H3/t16-/m0/s1. The quantitative estimate of drug-likeness (QED) is 0.565. The summed E-state index contributed by atoms with van der Waals surface area (Å²) >= 11 is 0. The Labute approximate surface area is 202 Å². The number of aromatic nitrogens is 2. The Morgan fingerprint density at radius 2 is 1.74 bits per heavy atom. The van der Waals surface area contributed by atoms with Crippen molar-refractivity contribution in [2.75, 3.05) is 26.0 Å². The topological polar surface area (TPSA) is 84.7 Å². The van der Waals surface area contributed by atoms with Crippen molar-refractivity contribution in [2.45, 2.75) is 51.6 Å². The average Bonchev–Trinajstić information content (AvgIpc) is 3.22. The fraction of sp³-hybridized carbons (Fsp3) is 0.565. The second-order valence-corrected chi connectivity index (χ2v) is 11.2. The maximum atomic E-state index is 13.4. The summed E-state index contributed by atoms with van der Waals surface area (Å²) in [5, 5.41) is 0. The average molecular weight is 515 g/mol. The second kappa shape index (κ2) is 9.90. The summed E-state index contributed by atoms with van der Waals surface area (Å²) in [5.74, 6) is -0.209. The highest BCUT2D eigenvalue weighted by molar-refractivity contribution is 7.88. The third-order valence-electron chi connectivity index (χ3n) is 6.69. The maximum absolute atomic E-state index is 13.4. The number of halogens is 3. The summed E-state index contributed by atoms with van der Waals surface area (Å²) in [6, 6.07) is 7.28. The van der Waals surface area contributed by atoms with Gasteiger partial charge in [0.1, 0.15) is 12.4 Å². The molecular weight excluding hydrogens is 485 g/mol. The van der Waals surface area contributed by atoms with Crippen LogP contribution in [0.5, 0.6) is 5.75 Å². The van der Waals surface area contributed by atoms with Gasteiger partial charge < -0.3 is 4.74 Å². The SMILES string of the molecule is C[C@@H](c1ncc(OCC2CCN(S(C)(=O)=O)CC2)c(=O)n1CC(F)(F)F)N1Cc2ccccc2C1. The number of nitrogens with zero attached hydrogens (tertiary/aromatic N) is 4. The molecule has 2 aliphatic rings. The van der Waals surface area contributed by atoms with Gasteiger partial charge in [0.2, 0.25) is 15.8 Å². The second-order valence-electron chi connectivity index (χ2n) is 9.25. The number of sulfonamides is 1. The Morgan fingerprint density at radius 3 is 2.29 bits per heavy atom. The molecule has 0 amide bonds. The zero-order chi connectivity index (χ0) is 25.4. The van der Waals surface area contributed by atoms with Crippen LogP contribution in [0.15, 0.2) is 35.3 Å². The molecule has 192 valence electrons. The minimum atomic E-state index is -4.61. The molecule has 0 radical (unpaired) electrons. The molecule has 4 rings (SSSR count). The van der Waals surface area contributed by atoms with Crippen LogP contribution in [0.2, 0.25) is 0 Å². The van der Waals surface area contributed by atoms with E-state index < -0.39 is 34.3 Å². The van der Waals surface area contributed by atoms with Crippen LogP contribution in [0, 0.1) is 5.92 Å². The predicted octanol–water partition coefficient (Wildman–Crippen LogP) is 2.93. The van der Waals surface area contributed by atoms with Crippen molar-refractivity contribution in [3.63, 3.8) is 0 Å². The first-order chi connectivity index (χ1) is 16.4. The molecular formula is C23H29F3N4O4S. The number of rotatable bonds is 7. The number of alkyl halides is 3. The Hall–Kier alpha value is -2.44. The minimum absolute atomic E-state index is 0.00910. The molecule has 2 aromatic rings. The smallest absolute Gasteiger partial charge is 0.406 e. The molecule has 0 spiro atoms. The summed E-state index contributed by atoms with van der Waals surface area (Å²) < 4.78 is 71.2. The molecule has 1 aromatic carbocycles. The summed E-state index contributed by atoms with van der Waals surface area (Å²) in [7, 11) is -3.27. The van der Waals surface area contributed by atoms with Crippen molar-refractivity contribution in [3.05, 3.63) is 57.8 Å². The van der Waals surface area contributed by atoms with E-state index in [1.54, 1.807) is 6.92 Å². The molecule has 1 saturated heterocycles. The van der Waals surface area contributed by atoms with Gasteiger partial charge in [-0.3, -0.25) is 14.3 Å². The molecule has 1 aromatic heterocycles. The Bertz CT molecular complexity index is 1200. The van der Waals surface area contributed by atoms with E-state index in [-0.39, 0.29) is 24.1 Å². The summed E-state index contributed by atoms with van der Waals surface area (Å²) in [4.78, 5) is 19.3. The van der Waals surface area contributed by atoms with Gasteiger partial charge in [-0.2, -0.15) is 13.2 Å². The highest BCUT2D eigenvalue weighted by Crippen LogP contribution is 2.31. The monoisotopic (exact) mass is 514 g/mol. The van der Waals surface area contributed by atoms with Crippen LogP contribution in [0.4, 0.5) is 13.2 Å². The largest absolute Gasteiger partial charge is 0.486 e. The van der Waals surface area contributed by atoms with Gasteiger partial charge in [-0.05, 0) is 36.8 Å². The van der Waals surface area contributed by atoms with Gasteiger partial charge in [0.05, 0.1) is 25.1 Å². The number of ether oxygens (including phenoxy) is 1. The van der Waals surface area contributed by atoms with E-state index in [2.05, 4.69) is 4.98 Å². The first kappa shape index (κ1) is 25.6. The molecule has 35 heavy (non-hydrogen) atoms. The molecule has 1 atom stereocenters. The number of piperidine rings is 1. The van der Waals surface area contributed by atoms with Crippen molar-refractivity contribution in [3.8, 4) is 5.75 Å². The molecule has 12 heteroatoms.